The van der Waals surface area contributed by atoms with Crippen LogP contribution in [0.25, 0.3) is 11.0 Å². The van der Waals surface area contributed by atoms with Gasteiger partial charge in [-0.05, 0) is 24.3 Å². The molecular weight excluding hydrogens is 527 g/mol. The summed E-state index contributed by atoms with van der Waals surface area (Å²) < 4.78 is 3.18. The van der Waals surface area contributed by atoms with Crippen LogP contribution in [-0.4, -0.2) is 28.4 Å². The zero-order valence-electron chi connectivity index (χ0n) is 18.7. The summed E-state index contributed by atoms with van der Waals surface area (Å²) in [5, 5.41) is 4.11. The van der Waals surface area contributed by atoms with Crippen molar-refractivity contribution in [2.75, 3.05) is 11.9 Å². The summed E-state index contributed by atoms with van der Waals surface area (Å²) in [6, 6.07) is 23.4. The number of benzene rings is 3. The van der Waals surface area contributed by atoms with E-state index < -0.39 is 21.2 Å². The number of oxime groups is 1. The number of halogens is 3. The average molecular weight is 544 g/mol. The van der Waals surface area contributed by atoms with Crippen molar-refractivity contribution in [2.24, 2.45) is 5.16 Å². The summed E-state index contributed by atoms with van der Waals surface area (Å²) in [6.45, 7) is 0. The molecular formula is C26H17Cl3N2O5. The number of fused-ring (bicyclic) bond motifs is 1. The van der Waals surface area contributed by atoms with Gasteiger partial charge < -0.3 is 4.42 Å². The third-order valence-corrected chi connectivity index (χ3v) is 5.73. The zero-order chi connectivity index (χ0) is 25.9. The van der Waals surface area contributed by atoms with Crippen molar-refractivity contribution in [1.29, 1.82) is 0 Å². The Hall–Kier alpha value is -3.65. The average Bonchev–Trinajstić information content (AvgIpc) is 2.88. The Morgan fingerprint density at radius 3 is 2.17 bits per heavy atom. The summed E-state index contributed by atoms with van der Waals surface area (Å²) >= 11 is 18.1. The largest absolute Gasteiger partial charge is 0.440 e. The number of para-hydroxylation sites is 1. The highest BCUT2D eigenvalue weighted by Crippen LogP contribution is 2.32. The minimum absolute atomic E-state index is 0.148. The number of anilines is 1. The predicted octanol–water partition coefficient (Wildman–Crippen LogP) is 6.37. The van der Waals surface area contributed by atoms with Gasteiger partial charge in [-0.25, -0.2) is 9.59 Å². The van der Waals surface area contributed by atoms with Crippen LogP contribution >= 0.6 is 34.8 Å². The minimum Gasteiger partial charge on any atom is -0.422 e. The van der Waals surface area contributed by atoms with Gasteiger partial charge in [-0.15, -0.1) is 0 Å². The first kappa shape index (κ1) is 25.4. The molecule has 1 amide bonds. The molecule has 0 bridgehead atoms. The van der Waals surface area contributed by atoms with Gasteiger partial charge in [0.1, 0.15) is 11.3 Å². The molecule has 3 aromatic carbocycles. The quantitative estimate of drug-likeness (QED) is 0.0728. The molecule has 1 aromatic heterocycles. The van der Waals surface area contributed by atoms with Crippen LogP contribution in [0, 0.1) is 0 Å². The Labute approximate surface area is 220 Å². The smallest absolute Gasteiger partial charge is 0.422 e. The van der Waals surface area contributed by atoms with E-state index in [-0.39, 0.29) is 16.9 Å². The standard InChI is InChI=1S/C26H17Cl3N2O5/c1-31(19-10-6-3-7-11-19)25(34)36-30-23(26(27,28)29)20-14-17-12-13-18(15-21(17)35-24(20)33)22(32)16-8-4-2-5-9-16/h2-15H,1H3/b30-23-. The molecule has 0 saturated heterocycles. The van der Waals surface area contributed by atoms with Gasteiger partial charge in [0.15, 0.2) is 5.78 Å². The number of rotatable bonds is 5. The van der Waals surface area contributed by atoms with Gasteiger partial charge in [0.05, 0.1) is 5.56 Å². The topological polar surface area (TPSA) is 89.2 Å². The molecule has 10 heteroatoms. The van der Waals surface area contributed by atoms with E-state index in [1.807, 2.05) is 0 Å². The highest BCUT2D eigenvalue weighted by atomic mass is 35.6. The molecule has 0 aliphatic heterocycles. The maximum Gasteiger partial charge on any atom is 0.440 e. The SMILES string of the molecule is CN(C(=O)O/N=C(/c1cc2ccc(C(=O)c3ccccc3)cc2oc1=O)C(Cl)(Cl)Cl)c1ccccc1. The van der Waals surface area contributed by atoms with Gasteiger partial charge in [-0.3, -0.25) is 14.5 Å². The van der Waals surface area contributed by atoms with E-state index in [1.54, 1.807) is 72.8 Å². The summed E-state index contributed by atoms with van der Waals surface area (Å²) in [6.07, 6.45) is -0.873. The number of alkyl halides is 3. The highest BCUT2D eigenvalue weighted by Gasteiger charge is 2.34. The molecule has 0 fully saturated rings. The van der Waals surface area contributed by atoms with Crippen molar-refractivity contribution in [3.8, 4) is 0 Å². The van der Waals surface area contributed by atoms with E-state index in [2.05, 4.69) is 5.16 Å². The molecule has 0 spiro atoms. The Balaban J connectivity index is 1.67. The molecule has 0 aliphatic rings. The molecule has 36 heavy (non-hydrogen) atoms. The predicted molar refractivity (Wildman–Crippen MR) is 141 cm³/mol. The van der Waals surface area contributed by atoms with Crippen molar-refractivity contribution in [1.82, 2.24) is 0 Å². The summed E-state index contributed by atoms with van der Waals surface area (Å²) in [5.41, 5.74) is -0.0535. The molecule has 0 atom stereocenters. The molecule has 0 radical (unpaired) electrons. The van der Waals surface area contributed by atoms with Crippen molar-refractivity contribution >= 4 is 69.0 Å². The fourth-order valence-corrected chi connectivity index (χ4v) is 3.74. The Kier molecular flexibility index (Phi) is 7.45. The lowest BCUT2D eigenvalue weighted by Gasteiger charge is -2.17. The molecule has 7 nitrogen and oxygen atoms in total. The first-order chi connectivity index (χ1) is 17.1. The maximum atomic E-state index is 12.8. The normalized spacial score (nSPS) is 11.8. The summed E-state index contributed by atoms with van der Waals surface area (Å²) in [4.78, 5) is 44.2. The van der Waals surface area contributed by atoms with Crippen molar-refractivity contribution < 1.29 is 18.8 Å². The fraction of sp³-hybridized carbons (Fsp3) is 0.0769. The van der Waals surface area contributed by atoms with Gasteiger partial charge in [0.2, 0.25) is 3.79 Å². The lowest BCUT2D eigenvalue weighted by atomic mass is 10.0. The number of amides is 1. The van der Waals surface area contributed by atoms with E-state index in [9.17, 15) is 14.4 Å². The highest BCUT2D eigenvalue weighted by molar-refractivity contribution is 6.78. The number of hydrogen-bond acceptors (Lipinski definition) is 6. The number of carbonyl (C=O) groups is 2. The molecule has 0 aliphatic carbocycles. The Morgan fingerprint density at radius 2 is 1.53 bits per heavy atom. The lowest BCUT2D eigenvalue weighted by molar-refractivity contribution is 0.103. The summed E-state index contributed by atoms with van der Waals surface area (Å²) in [5.74, 6) is -0.234. The molecule has 4 aromatic rings. The molecule has 0 saturated carbocycles. The van der Waals surface area contributed by atoms with Crippen molar-refractivity contribution in [2.45, 2.75) is 3.79 Å². The van der Waals surface area contributed by atoms with Gasteiger partial charge in [0.25, 0.3) is 0 Å². The Morgan fingerprint density at radius 1 is 0.889 bits per heavy atom. The molecule has 4 rings (SSSR count). The summed E-state index contributed by atoms with van der Waals surface area (Å²) in [7, 11) is 1.47. The third-order valence-electron chi connectivity index (χ3n) is 5.19. The third kappa shape index (κ3) is 5.60. The number of carbonyl (C=O) groups excluding carboxylic acids is 2. The minimum atomic E-state index is -2.23. The monoisotopic (exact) mass is 542 g/mol. The second kappa shape index (κ2) is 10.5. The maximum absolute atomic E-state index is 12.8. The van der Waals surface area contributed by atoms with Crippen molar-refractivity contribution in [3.05, 3.63) is 112 Å². The van der Waals surface area contributed by atoms with Crippen LogP contribution in [0.1, 0.15) is 21.5 Å². The first-order valence-electron chi connectivity index (χ1n) is 10.5. The lowest BCUT2D eigenvalue weighted by Crippen LogP contribution is -2.30. The van der Waals surface area contributed by atoms with Crippen LogP contribution in [-0.2, 0) is 4.84 Å². The van der Waals surface area contributed by atoms with Gasteiger partial charge in [-0.2, -0.15) is 0 Å². The van der Waals surface area contributed by atoms with E-state index in [1.165, 1.54) is 24.1 Å². The van der Waals surface area contributed by atoms with E-state index in [4.69, 9.17) is 44.1 Å². The van der Waals surface area contributed by atoms with Crippen LogP contribution in [0.3, 0.4) is 0 Å². The zero-order valence-corrected chi connectivity index (χ0v) is 20.9. The van der Waals surface area contributed by atoms with Gasteiger partial charge in [0, 0.05) is 29.2 Å². The molecule has 0 N–H and O–H groups in total. The molecule has 182 valence electrons. The van der Waals surface area contributed by atoms with Gasteiger partial charge in [-0.1, -0.05) is 101 Å². The van der Waals surface area contributed by atoms with E-state index in [0.717, 1.165) is 0 Å². The second-order valence-corrected chi connectivity index (χ2v) is 9.87. The van der Waals surface area contributed by atoms with E-state index in [0.29, 0.717) is 22.2 Å². The van der Waals surface area contributed by atoms with Crippen LogP contribution in [0.15, 0.2) is 99.3 Å². The Bertz CT molecular complexity index is 1510. The fourth-order valence-electron chi connectivity index (χ4n) is 3.33. The van der Waals surface area contributed by atoms with Crippen LogP contribution in [0.5, 0.6) is 0 Å². The number of hydrogen-bond donors (Lipinski definition) is 0. The number of ketones is 1. The number of nitrogens with zero attached hydrogens (tertiary/aromatic N) is 2. The molecule has 0 unspecified atom stereocenters. The second-order valence-electron chi connectivity index (χ2n) is 7.58. The van der Waals surface area contributed by atoms with Crippen LogP contribution < -0.4 is 10.5 Å². The van der Waals surface area contributed by atoms with Crippen molar-refractivity contribution in [3.63, 3.8) is 0 Å². The van der Waals surface area contributed by atoms with Gasteiger partial charge >= 0.3 is 11.7 Å². The van der Waals surface area contributed by atoms with Crippen LogP contribution in [0.2, 0.25) is 0 Å². The first-order valence-corrected chi connectivity index (χ1v) is 11.6. The molecule has 1 heterocycles. The van der Waals surface area contributed by atoms with Crippen LogP contribution in [0.4, 0.5) is 10.5 Å². The van der Waals surface area contributed by atoms with E-state index >= 15 is 0 Å².